The van der Waals surface area contributed by atoms with E-state index in [4.69, 9.17) is 23.2 Å². The van der Waals surface area contributed by atoms with Crippen LogP contribution in [0.3, 0.4) is 0 Å². The van der Waals surface area contributed by atoms with Crippen molar-refractivity contribution >= 4 is 70.0 Å². The molecule has 0 atom stereocenters. The fourth-order valence-corrected chi connectivity index (χ4v) is 4.70. The van der Waals surface area contributed by atoms with Gasteiger partial charge < -0.3 is 10.6 Å². The van der Waals surface area contributed by atoms with Crippen LogP contribution in [-0.4, -0.2) is 28.3 Å². The Kier molecular flexibility index (Phi) is 9.91. The first-order valence-electron chi connectivity index (χ1n) is 12.1. The van der Waals surface area contributed by atoms with Gasteiger partial charge in [0.05, 0.1) is 26.3 Å². The molecule has 0 saturated carbocycles. The van der Waals surface area contributed by atoms with Gasteiger partial charge in [-0.15, -0.1) is 11.8 Å². The summed E-state index contributed by atoms with van der Waals surface area (Å²) in [5.41, 5.74) is 0.922. The lowest BCUT2D eigenvalue weighted by Crippen LogP contribution is -2.30. The zero-order chi connectivity index (χ0) is 29.4. The summed E-state index contributed by atoms with van der Waals surface area (Å²) in [6.45, 7) is 0. The average molecular weight is 606 g/mol. The quantitative estimate of drug-likeness (QED) is 0.0644. The van der Waals surface area contributed by atoms with E-state index in [9.17, 15) is 24.5 Å². The zero-order valence-corrected chi connectivity index (χ0v) is 23.5. The molecule has 4 aromatic rings. The molecular weight excluding hydrogens is 585 g/mol. The number of rotatable bonds is 10. The van der Waals surface area contributed by atoms with Crippen molar-refractivity contribution in [3.05, 3.63) is 140 Å². The Morgan fingerprint density at radius 3 is 2.20 bits per heavy atom. The van der Waals surface area contributed by atoms with Gasteiger partial charge >= 0.3 is 0 Å². The molecule has 0 aliphatic carbocycles. The number of nitro benzene ring substituents is 1. The van der Waals surface area contributed by atoms with E-state index in [1.54, 1.807) is 72.8 Å². The van der Waals surface area contributed by atoms with Crippen molar-refractivity contribution in [2.24, 2.45) is 0 Å². The van der Waals surface area contributed by atoms with Crippen LogP contribution in [0.5, 0.6) is 0 Å². The number of anilines is 1. The maximum absolute atomic E-state index is 13.2. The van der Waals surface area contributed by atoms with Crippen LogP contribution in [0.25, 0.3) is 6.08 Å². The molecule has 0 aliphatic rings. The van der Waals surface area contributed by atoms with Gasteiger partial charge in [-0.05, 0) is 66.7 Å². The number of carbonyl (C=O) groups is 3. The SMILES string of the molecule is O=C(Nc1ccc(SCC(=O)c2ccc(Cl)c(Cl)c2)cc1)/C(=C/c1ccccc1[N+](=O)[O-])NC(=O)c1ccccc1. The number of benzene rings is 4. The predicted molar refractivity (Wildman–Crippen MR) is 162 cm³/mol. The maximum atomic E-state index is 13.2. The summed E-state index contributed by atoms with van der Waals surface area (Å²) >= 11 is 13.2. The smallest absolute Gasteiger partial charge is 0.276 e. The highest BCUT2D eigenvalue weighted by Crippen LogP contribution is 2.26. The number of para-hydroxylation sites is 1. The molecule has 0 spiro atoms. The third kappa shape index (κ3) is 8.04. The van der Waals surface area contributed by atoms with E-state index in [1.165, 1.54) is 42.1 Å². The number of Topliss-reactive ketones (excluding diaryl/α,β-unsaturated/α-hetero) is 1. The number of hydrogen-bond acceptors (Lipinski definition) is 6. The lowest BCUT2D eigenvalue weighted by molar-refractivity contribution is -0.385. The topological polar surface area (TPSA) is 118 Å². The van der Waals surface area contributed by atoms with Crippen molar-refractivity contribution in [1.82, 2.24) is 5.32 Å². The second-order valence-electron chi connectivity index (χ2n) is 8.51. The molecule has 11 heteroatoms. The molecule has 2 amide bonds. The van der Waals surface area contributed by atoms with E-state index in [-0.39, 0.29) is 28.5 Å². The van der Waals surface area contributed by atoms with E-state index in [0.717, 1.165) is 4.90 Å². The van der Waals surface area contributed by atoms with Crippen molar-refractivity contribution in [3.63, 3.8) is 0 Å². The maximum Gasteiger partial charge on any atom is 0.276 e. The lowest BCUT2D eigenvalue weighted by atomic mass is 10.1. The third-order valence-corrected chi connectivity index (χ3v) is 7.44. The van der Waals surface area contributed by atoms with Gasteiger partial charge in [0.2, 0.25) is 0 Å². The van der Waals surface area contributed by atoms with Crippen LogP contribution in [-0.2, 0) is 4.79 Å². The van der Waals surface area contributed by atoms with E-state index in [2.05, 4.69) is 10.6 Å². The largest absolute Gasteiger partial charge is 0.321 e. The summed E-state index contributed by atoms with van der Waals surface area (Å²) in [6.07, 6.45) is 1.26. The Hall–Kier alpha value is -4.44. The molecule has 41 heavy (non-hydrogen) atoms. The molecular formula is C30H21Cl2N3O5S. The van der Waals surface area contributed by atoms with Gasteiger partial charge in [0.15, 0.2) is 5.78 Å². The Labute approximate surface area is 249 Å². The van der Waals surface area contributed by atoms with Crippen LogP contribution >= 0.6 is 35.0 Å². The van der Waals surface area contributed by atoms with Gasteiger partial charge in [-0.3, -0.25) is 24.5 Å². The van der Waals surface area contributed by atoms with Gasteiger partial charge in [-0.2, -0.15) is 0 Å². The van der Waals surface area contributed by atoms with Crippen LogP contribution in [0, 0.1) is 10.1 Å². The Bertz CT molecular complexity index is 1640. The van der Waals surface area contributed by atoms with Crippen molar-refractivity contribution in [3.8, 4) is 0 Å². The number of thioether (sulfide) groups is 1. The fourth-order valence-electron chi connectivity index (χ4n) is 3.61. The second-order valence-corrected chi connectivity index (χ2v) is 10.4. The minimum atomic E-state index is -0.678. The molecule has 2 N–H and O–H groups in total. The molecule has 0 saturated heterocycles. The van der Waals surface area contributed by atoms with Crippen LogP contribution in [0.2, 0.25) is 10.0 Å². The highest BCUT2D eigenvalue weighted by Gasteiger charge is 2.18. The molecule has 0 bridgehead atoms. The van der Waals surface area contributed by atoms with Crippen molar-refractivity contribution in [2.75, 3.05) is 11.1 Å². The highest BCUT2D eigenvalue weighted by molar-refractivity contribution is 8.00. The summed E-state index contributed by atoms with van der Waals surface area (Å²) in [6, 6.07) is 25.6. The number of hydrogen-bond donors (Lipinski definition) is 2. The van der Waals surface area contributed by atoms with Crippen molar-refractivity contribution < 1.29 is 19.3 Å². The highest BCUT2D eigenvalue weighted by atomic mass is 35.5. The number of halogens is 2. The fraction of sp³-hybridized carbons (Fsp3) is 0.0333. The van der Waals surface area contributed by atoms with E-state index >= 15 is 0 Å². The molecule has 0 heterocycles. The van der Waals surface area contributed by atoms with Gasteiger partial charge in [0.1, 0.15) is 5.70 Å². The van der Waals surface area contributed by atoms with Gasteiger partial charge in [0, 0.05) is 27.8 Å². The number of nitro groups is 1. The van der Waals surface area contributed by atoms with Crippen LogP contribution in [0.4, 0.5) is 11.4 Å². The molecule has 0 aliphatic heterocycles. The van der Waals surface area contributed by atoms with E-state index in [0.29, 0.717) is 26.9 Å². The first-order chi connectivity index (χ1) is 19.7. The predicted octanol–water partition coefficient (Wildman–Crippen LogP) is 7.29. The van der Waals surface area contributed by atoms with Crippen molar-refractivity contribution in [1.29, 1.82) is 0 Å². The second kappa shape index (κ2) is 13.8. The van der Waals surface area contributed by atoms with Crippen LogP contribution in [0.15, 0.2) is 108 Å². The number of carbonyl (C=O) groups excluding carboxylic acids is 3. The number of ketones is 1. The minimum Gasteiger partial charge on any atom is -0.321 e. The van der Waals surface area contributed by atoms with E-state index < -0.39 is 16.7 Å². The summed E-state index contributed by atoms with van der Waals surface area (Å²) in [5.74, 6) is -1.19. The number of amides is 2. The molecule has 0 unspecified atom stereocenters. The van der Waals surface area contributed by atoms with Crippen LogP contribution < -0.4 is 10.6 Å². The molecule has 4 aromatic carbocycles. The van der Waals surface area contributed by atoms with Gasteiger partial charge in [-0.1, -0.05) is 53.5 Å². The molecule has 0 aromatic heterocycles. The monoisotopic (exact) mass is 605 g/mol. The molecule has 0 fully saturated rings. The lowest BCUT2D eigenvalue weighted by Gasteiger charge is -2.12. The average Bonchev–Trinajstić information content (AvgIpc) is 2.98. The van der Waals surface area contributed by atoms with Crippen LogP contribution in [0.1, 0.15) is 26.3 Å². The summed E-state index contributed by atoms with van der Waals surface area (Å²) in [7, 11) is 0. The Balaban J connectivity index is 1.48. The number of nitrogens with one attached hydrogen (secondary N) is 2. The first-order valence-corrected chi connectivity index (χ1v) is 13.8. The molecule has 8 nitrogen and oxygen atoms in total. The third-order valence-electron chi connectivity index (χ3n) is 5.69. The Morgan fingerprint density at radius 1 is 0.829 bits per heavy atom. The zero-order valence-electron chi connectivity index (χ0n) is 21.2. The first kappa shape index (κ1) is 29.5. The normalized spacial score (nSPS) is 11.0. The van der Waals surface area contributed by atoms with E-state index in [1.807, 2.05) is 0 Å². The summed E-state index contributed by atoms with van der Waals surface area (Å²) in [4.78, 5) is 50.3. The van der Waals surface area contributed by atoms with Crippen molar-refractivity contribution in [2.45, 2.75) is 4.90 Å². The van der Waals surface area contributed by atoms with Gasteiger partial charge in [0.25, 0.3) is 17.5 Å². The molecule has 0 radical (unpaired) electrons. The summed E-state index contributed by atoms with van der Waals surface area (Å²) < 4.78 is 0. The number of nitrogens with zero attached hydrogens (tertiary/aromatic N) is 1. The standard InChI is InChI=1S/C30H21Cl2N3O5S/c31-24-15-10-21(16-25(24)32)28(36)18-41-23-13-11-22(12-14-23)33-30(38)26(34-29(37)19-6-2-1-3-7-19)17-20-8-4-5-9-27(20)35(39)40/h1-17H,18H2,(H,33,38)(H,34,37)/b26-17-. The molecule has 206 valence electrons. The summed E-state index contributed by atoms with van der Waals surface area (Å²) in [5, 5.41) is 17.4. The van der Waals surface area contributed by atoms with Gasteiger partial charge in [-0.25, -0.2) is 0 Å². The minimum absolute atomic E-state index is 0.120. The Morgan fingerprint density at radius 2 is 1.51 bits per heavy atom. The molecule has 4 rings (SSSR count).